The van der Waals surface area contributed by atoms with E-state index < -0.39 is 27.9 Å². The molecular formula is C17H21N3O6. The third-order valence-electron chi connectivity index (χ3n) is 4.19. The lowest BCUT2D eigenvalue weighted by Crippen LogP contribution is -2.55. The summed E-state index contributed by atoms with van der Waals surface area (Å²) in [5.74, 6) is -1.46. The average molecular weight is 363 g/mol. The third kappa shape index (κ3) is 3.43. The first kappa shape index (κ1) is 19.5. The summed E-state index contributed by atoms with van der Waals surface area (Å²) in [6.07, 6.45) is -0.198. The summed E-state index contributed by atoms with van der Waals surface area (Å²) < 4.78 is 4.91. The molecule has 9 heteroatoms. The van der Waals surface area contributed by atoms with Gasteiger partial charge in [-0.15, -0.1) is 0 Å². The zero-order valence-electron chi connectivity index (χ0n) is 15.1. The minimum Gasteiger partial charge on any atom is -0.461 e. The van der Waals surface area contributed by atoms with E-state index in [2.05, 4.69) is 5.10 Å². The molecule has 0 saturated heterocycles. The Labute approximate surface area is 150 Å². The molecule has 0 saturated carbocycles. The smallest absolute Gasteiger partial charge is 0.354 e. The van der Waals surface area contributed by atoms with Gasteiger partial charge in [0.05, 0.1) is 11.5 Å². The van der Waals surface area contributed by atoms with Gasteiger partial charge in [-0.1, -0.05) is 26.8 Å². The Bertz CT molecular complexity index is 783. The Kier molecular flexibility index (Phi) is 5.13. The molecule has 1 amide bonds. The number of aliphatic hydroxyl groups is 1. The van der Waals surface area contributed by atoms with E-state index in [1.807, 2.05) is 0 Å². The van der Waals surface area contributed by atoms with Crippen LogP contribution >= 0.6 is 0 Å². The standard InChI is InChI=1S/C17H21N3O6/c1-5-26-15(22)13-10-17(23,16(2,3)4)19(18-13)14(21)11-7-6-8-12(9-11)20(24)25/h6-9,23H,5,10H2,1-4H3/t17-/m1/s1. The fourth-order valence-electron chi connectivity index (χ4n) is 2.55. The van der Waals surface area contributed by atoms with Crippen molar-refractivity contribution in [3.63, 3.8) is 0 Å². The molecule has 1 aromatic rings. The maximum absolute atomic E-state index is 12.9. The van der Waals surface area contributed by atoms with Crippen molar-refractivity contribution in [2.24, 2.45) is 10.5 Å². The van der Waals surface area contributed by atoms with Gasteiger partial charge in [-0.25, -0.2) is 4.79 Å². The number of hydrogen-bond acceptors (Lipinski definition) is 7. The van der Waals surface area contributed by atoms with Gasteiger partial charge in [0.2, 0.25) is 0 Å². The summed E-state index contributed by atoms with van der Waals surface area (Å²) in [5, 5.41) is 26.9. The van der Waals surface area contributed by atoms with Crippen LogP contribution in [0.15, 0.2) is 29.4 Å². The van der Waals surface area contributed by atoms with E-state index in [0.29, 0.717) is 0 Å². The molecule has 0 spiro atoms. The van der Waals surface area contributed by atoms with E-state index in [0.717, 1.165) is 11.1 Å². The van der Waals surface area contributed by atoms with Gasteiger partial charge in [0.15, 0.2) is 11.4 Å². The molecule has 1 N–H and O–H groups in total. The zero-order chi connectivity index (χ0) is 19.7. The number of ether oxygens (including phenoxy) is 1. The first-order chi connectivity index (χ1) is 12.0. The number of nitrogens with zero attached hydrogens (tertiary/aromatic N) is 3. The summed E-state index contributed by atoms with van der Waals surface area (Å²) in [6.45, 7) is 6.86. The van der Waals surface area contributed by atoms with Crippen LogP contribution in [0.1, 0.15) is 44.5 Å². The molecule has 0 fully saturated rings. The van der Waals surface area contributed by atoms with Gasteiger partial charge < -0.3 is 9.84 Å². The molecule has 26 heavy (non-hydrogen) atoms. The molecule has 0 bridgehead atoms. The number of rotatable bonds is 4. The highest BCUT2D eigenvalue weighted by molar-refractivity contribution is 6.37. The van der Waals surface area contributed by atoms with Crippen molar-refractivity contribution in [1.29, 1.82) is 0 Å². The van der Waals surface area contributed by atoms with E-state index in [-0.39, 0.29) is 30.0 Å². The molecular weight excluding hydrogens is 342 g/mol. The summed E-state index contributed by atoms with van der Waals surface area (Å²) >= 11 is 0. The number of non-ortho nitro benzene ring substituents is 1. The SMILES string of the molecule is CCOC(=O)C1=NN(C(=O)c2cccc([N+](=O)[O-])c2)[C@](O)(C(C)(C)C)C1. The first-order valence-electron chi connectivity index (χ1n) is 8.07. The third-order valence-corrected chi connectivity index (χ3v) is 4.19. The largest absolute Gasteiger partial charge is 0.461 e. The normalized spacial score (nSPS) is 19.9. The highest BCUT2D eigenvalue weighted by Crippen LogP contribution is 2.41. The number of nitro benzene ring substituents is 1. The molecule has 2 rings (SSSR count). The Morgan fingerprint density at radius 3 is 2.62 bits per heavy atom. The van der Waals surface area contributed by atoms with Crippen LogP contribution < -0.4 is 0 Å². The number of benzene rings is 1. The van der Waals surface area contributed by atoms with Gasteiger partial charge in [-0.2, -0.15) is 10.1 Å². The predicted molar refractivity (Wildman–Crippen MR) is 92.4 cm³/mol. The zero-order valence-corrected chi connectivity index (χ0v) is 15.1. The lowest BCUT2D eigenvalue weighted by molar-refractivity contribution is -0.384. The van der Waals surface area contributed by atoms with Crippen LogP contribution in [-0.2, 0) is 9.53 Å². The summed E-state index contributed by atoms with van der Waals surface area (Å²) in [4.78, 5) is 35.2. The lowest BCUT2D eigenvalue weighted by atomic mass is 9.80. The van der Waals surface area contributed by atoms with E-state index in [1.165, 1.54) is 18.2 Å². The molecule has 140 valence electrons. The number of carbonyl (C=O) groups excluding carboxylic acids is 2. The van der Waals surface area contributed by atoms with Crippen LogP contribution in [0.5, 0.6) is 0 Å². The van der Waals surface area contributed by atoms with Gasteiger partial charge in [-0.3, -0.25) is 14.9 Å². The van der Waals surface area contributed by atoms with Gasteiger partial charge in [-0.05, 0) is 13.0 Å². The predicted octanol–water partition coefficient (Wildman–Crippen LogP) is 2.09. The molecule has 1 heterocycles. The van der Waals surface area contributed by atoms with E-state index in [1.54, 1.807) is 27.7 Å². The fraction of sp³-hybridized carbons (Fsp3) is 0.471. The highest BCUT2D eigenvalue weighted by Gasteiger charge is 2.54. The Morgan fingerprint density at radius 2 is 2.08 bits per heavy atom. The Balaban J connectivity index is 2.47. The fourth-order valence-corrected chi connectivity index (χ4v) is 2.55. The average Bonchev–Trinajstić information content (AvgIpc) is 2.93. The Hall–Kier alpha value is -2.81. The van der Waals surface area contributed by atoms with E-state index in [4.69, 9.17) is 4.74 Å². The molecule has 0 radical (unpaired) electrons. The van der Waals surface area contributed by atoms with Gasteiger partial charge in [0.25, 0.3) is 11.6 Å². The van der Waals surface area contributed by atoms with E-state index in [9.17, 15) is 24.8 Å². The van der Waals surface area contributed by atoms with Crippen molar-refractivity contribution in [3.05, 3.63) is 39.9 Å². The minimum atomic E-state index is -1.78. The minimum absolute atomic E-state index is 0.0178. The van der Waals surface area contributed by atoms with Crippen LogP contribution in [0.4, 0.5) is 5.69 Å². The van der Waals surface area contributed by atoms with Crippen molar-refractivity contribution in [2.45, 2.75) is 39.8 Å². The Morgan fingerprint density at radius 1 is 1.42 bits per heavy atom. The number of amides is 1. The number of carbonyl (C=O) groups is 2. The number of hydrogen-bond donors (Lipinski definition) is 1. The molecule has 1 aliphatic heterocycles. The summed E-state index contributed by atoms with van der Waals surface area (Å²) in [7, 11) is 0. The summed E-state index contributed by atoms with van der Waals surface area (Å²) in [6, 6.07) is 5.11. The van der Waals surface area contributed by atoms with Crippen LogP contribution in [0.25, 0.3) is 0 Å². The molecule has 1 aromatic carbocycles. The molecule has 1 atom stereocenters. The van der Waals surface area contributed by atoms with Crippen LogP contribution in [0, 0.1) is 15.5 Å². The second-order valence-electron chi connectivity index (χ2n) is 6.93. The second-order valence-corrected chi connectivity index (χ2v) is 6.93. The van der Waals surface area contributed by atoms with Gasteiger partial charge in [0, 0.05) is 29.5 Å². The molecule has 0 unspecified atom stereocenters. The molecule has 1 aliphatic rings. The van der Waals surface area contributed by atoms with Crippen molar-refractivity contribution in [3.8, 4) is 0 Å². The number of hydrazone groups is 1. The van der Waals surface area contributed by atoms with E-state index >= 15 is 0 Å². The maximum atomic E-state index is 12.9. The topological polar surface area (TPSA) is 122 Å². The van der Waals surface area contributed by atoms with Crippen molar-refractivity contribution in [1.82, 2.24) is 5.01 Å². The second kappa shape index (κ2) is 6.83. The quantitative estimate of drug-likeness (QED) is 0.496. The number of esters is 1. The van der Waals surface area contributed by atoms with Crippen LogP contribution in [0.3, 0.4) is 0 Å². The van der Waals surface area contributed by atoms with Crippen molar-refractivity contribution >= 4 is 23.3 Å². The number of nitro groups is 1. The highest BCUT2D eigenvalue weighted by atomic mass is 16.6. The first-order valence-corrected chi connectivity index (χ1v) is 8.07. The van der Waals surface area contributed by atoms with Gasteiger partial charge in [0.1, 0.15) is 0 Å². The lowest BCUT2D eigenvalue weighted by Gasteiger charge is -2.41. The summed E-state index contributed by atoms with van der Waals surface area (Å²) in [5.41, 5.74) is -2.99. The maximum Gasteiger partial charge on any atom is 0.354 e. The molecule has 9 nitrogen and oxygen atoms in total. The monoisotopic (exact) mass is 363 g/mol. The van der Waals surface area contributed by atoms with Crippen LogP contribution in [0.2, 0.25) is 0 Å². The van der Waals surface area contributed by atoms with Gasteiger partial charge >= 0.3 is 5.97 Å². The molecule has 0 aliphatic carbocycles. The van der Waals surface area contributed by atoms with Crippen LogP contribution in [-0.4, -0.2) is 45.0 Å². The van der Waals surface area contributed by atoms with Crippen molar-refractivity contribution < 1.29 is 24.4 Å². The van der Waals surface area contributed by atoms with Crippen molar-refractivity contribution in [2.75, 3.05) is 6.61 Å². The molecule has 0 aromatic heterocycles.